The molecule has 0 aliphatic heterocycles. The summed E-state index contributed by atoms with van der Waals surface area (Å²) < 4.78 is 2.21. The molecule has 0 aliphatic carbocycles. The van der Waals surface area contributed by atoms with Gasteiger partial charge < -0.3 is 5.32 Å². The monoisotopic (exact) mass is 314 g/mol. The van der Waals surface area contributed by atoms with E-state index in [2.05, 4.69) is 31.3 Å². The summed E-state index contributed by atoms with van der Waals surface area (Å²) in [6, 6.07) is 3.33. The number of hydrogen-bond acceptors (Lipinski definition) is 3. The molecular weight excluding hydrogens is 307 g/mol. The van der Waals surface area contributed by atoms with Gasteiger partial charge in [0.1, 0.15) is 0 Å². The lowest BCUT2D eigenvalue weighted by molar-refractivity contribution is 0.0957. The molecule has 0 bridgehead atoms. The number of aromatic nitrogens is 3. The number of nitrogens with zero attached hydrogens (tertiary/aromatic N) is 3. The van der Waals surface area contributed by atoms with Crippen LogP contribution in [0.5, 0.6) is 0 Å². The molecule has 1 amide bonds. The molecule has 17 heavy (non-hydrogen) atoms. The quantitative estimate of drug-likeness (QED) is 0.922. The molecule has 2 heterocycles. The van der Waals surface area contributed by atoms with Crippen LogP contribution in [0.1, 0.15) is 10.5 Å². The first-order chi connectivity index (χ1) is 8.11. The molecule has 0 aromatic carbocycles. The molecule has 2 rings (SSSR count). The van der Waals surface area contributed by atoms with E-state index in [9.17, 15) is 4.79 Å². The molecule has 2 aromatic rings. The fourth-order valence-corrected chi connectivity index (χ4v) is 2.09. The van der Waals surface area contributed by atoms with E-state index in [-0.39, 0.29) is 5.91 Å². The molecular formula is C10H8BrClN4O. The molecule has 0 aliphatic rings. The standard InChI is InChI=1S/C10H8BrClN4O/c1-13-10(17)8-2-3-16(15-8)9-7(11)4-6(12)5-14-9/h2-5H,1H3,(H,13,17). The van der Waals surface area contributed by atoms with Crippen LogP contribution >= 0.6 is 27.5 Å². The molecule has 0 saturated carbocycles. The van der Waals surface area contributed by atoms with Gasteiger partial charge in [0, 0.05) is 19.4 Å². The van der Waals surface area contributed by atoms with Crippen LogP contribution < -0.4 is 5.32 Å². The van der Waals surface area contributed by atoms with E-state index in [1.165, 1.54) is 10.9 Å². The fourth-order valence-electron chi connectivity index (χ4n) is 1.27. The number of carbonyl (C=O) groups is 1. The Morgan fingerprint density at radius 3 is 3.00 bits per heavy atom. The van der Waals surface area contributed by atoms with E-state index in [0.717, 1.165) is 0 Å². The maximum absolute atomic E-state index is 11.4. The maximum atomic E-state index is 11.4. The van der Waals surface area contributed by atoms with Crippen LogP contribution in [0.2, 0.25) is 5.02 Å². The van der Waals surface area contributed by atoms with Gasteiger partial charge in [-0.05, 0) is 28.1 Å². The number of rotatable bonds is 2. The zero-order chi connectivity index (χ0) is 12.4. The first-order valence-corrected chi connectivity index (χ1v) is 5.88. The number of halogens is 2. The van der Waals surface area contributed by atoms with Gasteiger partial charge in [0.15, 0.2) is 11.5 Å². The Morgan fingerprint density at radius 2 is 2.35 bits per heavy atom. The highest BCUT2D eigenvalue weighted by Gasteiger charge is 2.10. The Bertz CT molecular complexity index is 569. The van der Waals surface area contributed by atoms with E-state index >= 15 is 0 Å². The van der Waals surface area contributed by atoms with Crippen LogP contribution in [0.25, 0.3) is 5.82 Å². The van der Waals surface area contributed by atoms with Crippen molar-refractivity contribution in [2.45, 2.75) is 0 Å². The van der Waals surface area contributed by atoms with E-state index in [4.69, 9.17) is 11.6 Å². The number of hydrogen-bond donors (Lipinski definition) is 1. The molecule has 0 fully saturated rings. The summed E-state index contributed by atoms with van der Waals surface area (Å²) in [7, 11) is 1.55. The fraction of sp³-hybridized carbons (Fsp3) is 0.100. The lowest BCUT2D eigenvalue weighted by Gasteiger charge is -2.03. The van der Waals surface area contributed by atoms with Crippen molar-refractivity contribution in [2.24, 2.45) is 0 Å². The molecule has 7 heteroatoms. The van der Waals surface area contributed by atoms with E-state index < -0.39 is 0 Å². The topological polar surface area (TPSA) is 59.8 Å². The van der Waals surface area contributed by atoms with E-state index in [1.807, 2.05) is 0 Å². The third-order valence-electron chi connectivity index (χ3n) is 2.05. The summed E-state index contributed by atoms with van der Waals surface area (Å²) in [5.41, 5.74) is 0.330. The van der Waals surface area contributed by atoms with Crippen LogP contribution in [0.15, 0.2) is 29.0 Å². The van der Waals surface area contributed by atoms with Gasteiger partial charge in [-0.3, -0.25) is 4.79 Å². The summed E-state index contributed by atoms with van der Waals surface area (Å²) in [5.74, 6) is 0.332. The minimum absolute atomic E-state index is 0.242. The Hall–Kier alpha value is -1.40. The number of amides is 1. The van der Waals surface area contributed by atoms with Crippen LogP contribution in [0.4, 0.5) is 0 Å². The lowest BCUT2D eigenvalue weighted by atomic mass is 10.4. The zero-order valence-corrected chi connectivity index (χ0v) is 11.2. The Morgan fingerprint density at radius 1 is 1.59 bits per heavy atom. The average molecular weight is 316 g/mol. The van der Waals surface area contributed by atoms with Crippen LogP contribution in [-0.2, 0) is 0 Å². The number of carbonyl (C=O) groups excluding carboxylic acids is 1. The molecule has 88 valence electrons. The van der Waals surface area contributed by atoms with Gasteiger partial charge in [-0.25, -0.2) is 9.67 Å². The highest BCUT2D eigenvalue weighted by molar-refractivity contribution is 9.10. The summed E-state index contributed by atoms with van der Waals surface area (Å²) >= 11 is 9.14. The number of nitrogens with one attached hydrogen (secondary N) is 1. The Labute approximate surface area is 111 Å². The van der Waals surface area contributed by atoms with Crippen LogP contribution in [0, 0.1) is 0 Å². The summed E-state index contributed by atoms with van der Waals surface area (Å²) in [4.78, 5) is 15.5. The minimum atomic E-state index is -0.242. The van der Waals surface area contributed by atoms with Gasteiger partial charge in [0.2, 0.25) is 0 Å². The van der Waals surface area contributed by atoms with Crippen molar-refractivity contribution in [1.29, 1.82) is 0 Å². The molecule has 0 saturated heterocycles. The highest BCUT2D eigenvalue weighted by atomic mass is 79.9. The molecule has 0 spiro atoms. The van der Waals surface area contributed by atoms with Crippen molar-refractivity contribution in [3.8, 4) is 5.82 Å². The average Bonchev–Trinajstić information content (AvgIpc) is 2.77. The van der Waals surface area contributed by atoms with Gasteiger partial charge in [-0.1, -0.05) is 11.6 Å². The van der Waals surface area contributed by atoms with E-state index in [0.29, 0.717) is 21.0 Å². The molecule has 0 unspecified atom stereocenters. The second-order valence-electron chi connectivity index (χ2n) is 3.18. The zero-order valence-electron chi connectivity index (χ0n) is 8.82. The van der Waals surface area contributed by atoms with Crippen molar-refractivity contribution in [3.63, 3.8) is 0 Å². The van der Waals surface area contributed by atoms with Crippen LogP contribution in [-0.4, -0.2) is 27.7 Å². The first-order valence-electron chi connectivity index (χ1n) is 4.71. The van der Waals surface area contributed by atoms with Crippen LogP contribution in [0.3, 0.4) is 0 Å². The Balaban J connectivity index is 2.40. The summed E-state index contributed by atoms with van der Waals surface area (Å²) in [6.07, 6.45) is 3.18. The van der Waals surface area contributed by atoms with Crippen molar-refractivity contribution in [2.75, 3.05) is 7.05 Å². The summed E-state index contributed by atoms with van der Waals surface area (Å²) in [6.45, 7) is 0. The van der Waals surface area contributed by atoms with Gasteiger partial charge in [-0.15, -0.1) is 0 Å². The van der Waals surface area contributed by atoms with Gasteiger partial charge in [0.05, 0.1) is 9.50 Å². The second kappa shape index (κ2) is 4.85. The van der Waals surface area contributed by atoms with Gasteiger partial charge >= 0.3 is 0 Å². The first kappa shape index (κ1) is 12.1. The summed E-state index contributed by atoms with van der Waals surface area (Å²) in [5, 5.41) is 7.14. The third-order valence-corrected chi connectivity index (χ3v) is 2.84. The highest BCUT2D eigenvalue weighted by Crippen LogP contribution is 2.21. The molecule has 0 radical (unpaired) electrons. The van der Waals surface area contributed by atoms with Crippen molar-refractivity contribution in [1.82, 2.24) is 20.1 Å². The molecule has 2 aromatic heterocycles. The van der Waals surface area contributed by atoms with Gasteiger partial charge in [-0.2, -0.15) is 5.10 Å². The van der Waals surface area contributed by atoms with Crippen molar-refractivity contribution in [3.05, 3.63) is 39.7 Å². The SMILES string of the molecule is CNC(=O)c1ccn(-c2ncc(Cl)cc2Br)n1. The lowest BCUT2D eigenvalue weighted by Crippen LogP contribution is -2.18. The predicted molar refractivity (Wildman–Crippen MR) is 67.5 cm³/mol. The largest absolute Gasteiger partial charge is 0.354 e. The predicted octanol–water partition coefficient (Wildman–Crippen LogP) is 2.04. The normalized spacial score (nSPS) is 10.3. The maximum Gasteiger partial charge on any atom is 0.271 e. The van der Waals surface area contributed by atoms with Crippen molar-refractivity contribution < 1.29 is 4.79 Å². The number of pyridine rings is 1. The van der Waals surface area contributed by atoms with Gasteiger partial charge in [0.25, 0.3) is 5.91 Å². The second-order valence-corrected chi connectivity index (χ2v) is 4.47. The van der Waals surface area contributed by atoms with E-state index in [1.54, 1.807) is 25.4 Å². The molecule has 0 atom stereocenters. The van der Waals surface area contributed by atoms with Crippen molar-refractivity contribution >= 4 is 33.4 Å². The minimum Gasteiger partial charge on any atom is -0.354 e. The molecule has 5 nitrogen and oxygen atoms in total. The third kappa shape index (κ3) is 2.48. The Kier molecular flexibility index (Phi) is 3.44. The molecule has 1 N–H and O–H groups in total. The smallest absolute Gasteiger partial charge is 0.271 e.